The van der Waals surface area contributed by atoms with Crippen LogP contribution in [0.15, 0.2) is 36.4 Å². The van der Waals surface area contributed by atoms with Crippen molar-refractivity contribution in [3.8, 4) is 11.4 Å². The van der Waals surface area contributed by atoms with E-state index in [1.165, 1.54) is 22.3 Å². The molecule has 0 aliphatic carbocycles. The number of hydrogen-bond donors (Lipinski definition) is 1. The van der Waals surface area contributed by atoms with Gasteiger partial charge in [0.1, 0.15) is 11.4 Å². The van der Waals surface area contributed by atoms with Crippen LogP contribution >= 0.6 is 0 Å². The van der Waals surface area contributed by atoms with Gasteiger partial charge in [-0.05, 0) is 23.7 Å². The zero-order valence-electron chi connectivity index (χ0n) is 27.5. The van der Waals surface area contributed by atoms with Gasteiger partial charge in [0.25, 0.3) is 0 Å². The molecule has 3 aromatic rings. The first-order valence-corrected chi connectivity index (χ1v) is 15.0. The number of aromatic carboxylic acids is 1. The summed E-state index contributed by atoms with van der Waals surface area (Å²) in [7, 11) is 0. The van der Waals surface area contributed by atoms with Crippen molar-refractivity contribution in [2.75, 3.05) is 0 Å². The molecule has 1 N–H and O–H groups in total. The summed E-state index contributed by atoms with van der Waals surface area (Å²) in [6.07, 6.45) is 0. The van der Waals surface area contributed by atoms with E-state index in [-0.39, 0.29) is 34.5 Å². The molecule has 0 aliphatic heterocycles. The fourth-order valence-electron chi connectivity index (χ4n) is 6.07. The summed E-state index contributed by atoms with van der Waals surface area (Å²) in [4.78, 5) is 13.7. The third-order valence-electron chi connectivity index (χ3n) is 7.84. The van der Waals surface area contributed by atoms with Crippen LogP contribution in [0.2, 0.25) is 0 Å². The van der Waals surface area contributed by atoms with Gasteiger partial charge >= 0.3 is 11.8 Å². The van der Waals surface area contributed by atoms with Gasteiger partial charge in [-0.25, -0.2) is 4.79 Å². The van der Waals surface area contributed by atoms with Gasteiger partial charge < -0.3 is 5.11 Å². The molecule has 0 amide bonds. The van der Waals surface area contributed by atoms with Crippen molar-refractivity contribution >= 4 is 5.97 Å². The van der Waals surface area contributed by atoms with Gasteiger partial charge in [-0.3, -0.25) is 0 Å². The molecule has 0 aliphatic rings. The summed E-state index contributed by atoms with van der Waals surface area (Å²) in [6.45, 7) is 30.9. The molecule has 0 saturated heterocycles. The quantitative estimate of drug-likeness (QED) is 0.300. The van der Waals surface area contributed by atoms with E-state index in [1.807, 2.05) is 0 Å². The molecule has 218 valence electrons. The van der Waals surface area contributed by atoms with Gasteiger partial charge in [0.05, 0.1) is 0 Å². The maximum absolute atomic E-state index is 13.7. The predicted molar refractivity (Wildman–Crippen MR) is 168 cm³/mol. The zero-order chi connectivity index (χ0) is 30.5. The zero-order valence-corrected chi connectivity index (χ0v) is 27.5. The summed E-state index contributed by atoms with van der Waals surface area (Å²) in [5.74, 6) is 0.303. The molecule has 0 spiro atoms. The highest BCUT2D eigenvalue weighted by Gasteiger charge is 2.47. The minimum Gasteiger partial charge on any atom is -0.472 e. The van der Waals surface area contributed by atoms with Gasteiger partial charge in [0, 0.05) is 33.1 Å². The van der Waals surface area contributed by atoms with Crippen molar-refractivity contribution in [1.82, 2.24) is 4.57 Å². The molecule has 0 atom stereocenters. The van der Waals surface area contributed by atoms with Crippen molar-refractivity contribution in [2.24, 2.45) is 0 Å². The molecule has 0 saturated carbocycles. The van der Waals surface area contributed by atoms with Crippen LogP contribution in [0.25, 0.3) is 11.4 Å². The molecule has 0 fully saturated rings. The van der Waals surface area contributed by atoms with Crippen molar-refractivity contribution in [2.45, 2.75) is 131 Å². The maximum atomic E-state index is 13.7. The van der Waals surface area contributed by atoms with E-state index in [4.69, 9.17) is 0 Å². The minimum absolute atomic E-state index is 0.228. The molecule has 3 rings (SSSR count). The fraction of sp³-hybridized carbons (Fsp3) is 0.556. The lowest BCUT2D eigenvalue weighted by molar-refractivity contribution is -0.611. The summed E-state index contributed by atoms with van der Waals surface area (Å²) >= 11 is 0. The molecular weight excluding hydrogens is 492 g/mol. The number of hydrogen-bond acceptors (Lipinski definition) is 1. The summed E-state index contributed by atoms with van der Waals surface area (Å²) in [5, 5.41) is 11.2. The molecule has 1 heterocycles. The fourth-order valence-corrected chi connectivity index (χ4v) is 6.07. The first kappa shape index (κ1) is 31.6. The maximum Gasteiger partial charge on any atom is 0.420 e. The molecule has 4 heteroatoms. The smallest absolute Gasteiger partial charge is 0.420 e. The van der Waals surface area contributed by atoms with Crippen LogP contribution in [-0.2, 0) is 10.8 Å². The average molecular weight is 546 g/mol. The van der Waals surface area contributed by atoms with E-state index in [0.717, 1.165) is 22.8 Å². The van der Waals surface area contributed by atoms with Crippen LogP contribution < -0.4 is 4.57 Å². The van der Waals surface area contributed by atoms with Crippen molar-refractivity contribution in [3.63, 3.8) is 0 Å². The number of carboxylic acid groups (broad SMARTS) is 1. The Hall–Kier alpha value is -2.88. The third kappa shape index (κ3) is 5.64. The Balaban J connectivity index is 2.87. The summed E-state index contributed by atoms with van der Waals surface area (Å²) in [5.41, 5.74) is 8.17. The van der Waals surface area contributed by atoms with Gasteiger partial charge in [-0.2, -0.15) is 9.13 Å². The number of nitrogens with zero attached hydrogens (tertiary/aromatic N) is 2. The first-order chi connectivity index (χ1) is 18.3. The predicted octanol–water partition coefficient (Wildman–Crippen LogP) is 9.54. The number of imidazole rings is 1. The Labute approximate surface area is 243 Å². The largest absolute Gasteiger partial charge is 0.472 e. The monoisotopic (exact) mass is 545 g/mol. The molecule has 4 nitrogen and oxygen atoms in total. The number of benzene rings is 2. The average Bonchev–Trinajstić information content (AvgIpc) is 3.19. The number of aromatic nitrogens is 2. The highest BCUT2D eigenvalue weighted by atomic mass is 16.4. The normalized spacial score (nSPS) is 12.8. The Kier molecular flexibility index (Phi) is 8.85. The molecule has 2 aromatic carbocycles. The highest BCUT2D eigenvalue weighted by molar-refractivity contribution is 5.84. The Morgan fingerprint density at radius 3 is 1.35 bits per heavy atom. The standard InChI is InChI=1S/C36H52N2O2/c1-21(2)25-17-15-18-26(22(3)4)29(25)37-31(35(9,10)11)32(36(12,13)14)38(33(37)34(39)40)30-27(23(5)6)19-16-20-28(30)24(7)8/h15-24H,1-14H3/p+1. The lowest BCUT2D eigenvalue weighted by Gasteiger charge is -2.26. The van der Waals surface area contributed by atoms with Crippen LogP contribution in [0, 0.1) is 0 Å². The molecular formula is C36H53N2O2+. The van der Waals surface area contributed by atoms with Crippen LogP contribution in [0.4, 0.5) is 0 Å². The van der Waals surface area contributed by atoms with Crippen molar-refractivity contribution < 1.29 is 14.5 Å². The van der Waals surface area contributed by atoms with Gasteiger partial charge in [-0.15, -0.1) is 0 Å². The first-order valence-electron chi connectivity index (χ1n) is 15.0. The lowest BCUT2D eigenvalue weighted by atomic mass is 9.80. The van der Waals surface area contributed by atoms with Crippen molar-refractivity contribution in [3.05, 3.63) is 75.9 Å². The minimum atomic E-state index is -0.914. The molecule has 0 unspecified atom stereocenters. The number of para-hydroxylation sites is 2. The number of carbonyl (C=O) groups is 1. The second kappa shape index (κ2) is 11.2. The van der Waals surface area contributed by atoms with Crippen molar-refractivity contribution in [1.29, 1.82) is 0 Å². The van der Waals surface area contributed by atoms with Crippen LogP contribution in [-0.4, -0.2) is 15.6 Å². The second-order valence-electron chi connectivity index (χ2n) is 14.7. The molecule has 1 aromatic heterocycles. The third-order valence-corrected chi connectivity index (χ3v) is 7.84. The van der Waals surface area contributed by atoms with Crippen LogP contribution in [0.3, 0.4) is 0 Å². The van der Waals surface area contributed by atoms with E-state index >= 15 is 0 Å². The van der Waals surface area contributed by atoms with E-state index < -0.39 is 5.97 Å². The second-order valence-corrected chi connectivity index (χ2v) is 14.7. The van der Waals surface area contributed by atoms with Gasteiger partial charge in [-0.1, -0.05) is 133 Å². The Morgan fingerprint density at radius 1 is 0.675 bits per heavy atom. The Bertz CT molecular complexity index is 1240. The SMILES string of the molecule is CC(C)c1cccc(C(C)C)c1-n1c(C(C)(C)C)c(C(C)(C)C)[n+](-c2c(C(C)C)cccc2C(C)C)c1C(=O)O. The number of carboxylic acids is 1. The topological polar surface area (TPSA) is 46.1 Å². The summed E-state index contributed by atoms with van der Waals surface area (Å²) < 4.78 is 4.27. The molecule has 40 heavy (non-hydrogen) atoms. The summed E-state index contributed by atoms with van der Waals surface area (Å²) in [6, 6.07) is 12.9. The number of rotatable bonds is 7. The molecule has 0 bridgehead atoms. The molecule has 0 radical (unpaired) electrons. The van der Waals surface area contributed by atoms with Gasteiger partial charge in [0.15, 0.2) is 11.4 Å². The lowest BCUT2D eigenvalue weighted by Crippen LogP contribution is -2.46. The van der Waals surface area contributed by atoms with Crippen LogP contribution in [0.5, 0.6) is 0 Å². The highest BCUT2D eigenvalue weighted by Crippen LogP contribution is 2.41. The van der Waals surface area contributed by atoms with Crippen LogP contribution in [0.1, 0.15) is 165 Å². The Morgan fingerprint density at radius 2 is 1.05 bits per heavy atom. The van der Waals surface area contributed by atoms with E-state index in [9.17, 15) is 9.90 Å². The van der Waals surface area contributed by atoms with E-state index in [2.05, 4.69) is 142 Å². The van der Waals surface area contributed by atoms with E-state index in [0.29, 0.717) is 5.82 Å². The van der Waals surface area contributed by atoms with E-state index in [1.54, 1.807) is 0 Å². The van der Waals surface area contributed by atoms with Gasteiger partial charge in [0.2, 0.25) is 0 Å².